The van der Waals surface area contributed by atoms with Crippen LogP contribution in [0, 0.1) is 12.8 Å². The van der Waals surface area contributed by atoms with Crippen LogP contribution in [0.15, 0.2) is 12.1 Å². The zero-order chi connectivity index (χ0) is 14.3. The zero-order valence-corrected chi connectivity index (χ0v) is 12.1. The molecule has 1 fully saturated rings. The fourth-order valence-corrected chi connectivity index (χ4v) is 3.30. The molecule has 0 aliphatic carbocycles. The van der Waals surface area contributed by atoms with Crippen LogP contribution in [0.2, 0.25) is 0 Å². The van der Waals surface area contributed by atoms with Gasteiger partial charge >= 0.3 is 0 Å². The van der Waals surface area contributed by atoms with E-state index in [1.807, 2.05) is 4.90 Å². The highest BCUT2D eigenvalue weighted by molar-refractivity contribution is 5.84. The van der Waals surface area contributed by atoms with E-state index in [9.17, 15) is 9.59 Å². The lowest BCUT2D eigenvalue weighted by Gasteiger charge is -2.38. The van der Waals surface area contributed by atoms with Gasteiger partial charge in [-0.15, -0.1) is 0 Å². The molecule has 1 aromatic rings. The van der Waals surface area contributed by atoms with Gasteiger partial charge < -0.3 is 14.8 Å². The van der Waals surface area contributed by atoms with Gasteiger partial charge in [-0.05, 0) is 32.4 Å². The summed E-state index contributed by atoms with van der Waals surface area (Å²) in [6, 6.07) is 4.34. The van der Waals surface area contributed by atoms with Crippen molar-refractivity contribution in [3.05, 3.63) is 23.5 Å². The Hall–Kier alpha value is -1.78. The third kappa shape index (κ3) is 2.11. The van der Waals surface area contributed by atoms with Crippen LogP contribution >= 0.6 is 0 Å². The number of rotatable bonds is 1. The van der Waals surface area contributed by atoms with Gasteiger partial charge in [0.2, 0.25) is 11.8 Å². The van der Waals surface area contributed by atoms with Gasteiger partial charge in [-0.1, -0.05) is 0 Å². The lowest BCUT2D eigenvalue weighted by molar-refractivity contribution is -0.140. The Morgan fingerprint density at radius 1 is 1.35 bits per heavy atom. The van der Waals surface area contributed by atoms with E-state index in [0.717, 1.165) is 13.1 Å². The topological polar surface area (TPSA) is 54.3 Å². The number of amides is 2. The fraction of sp³-hybridized carbons (Fsp3) is 0.600. The molecule has 3 rings (SSSR count). The Labute approximate surface area is 118 Å². The number of carbonyl (C=O) groups excluding carboxylic acids is 2. The van der Waals surface area contributed by atoms with Gasteiger partial charge in [-0.3, -0.25) is 9.59 Å². The molecule has 1 saturated heterocycles. The summed E-state index contributed by atoms with van der Waals surface area (Å²) in [4.78, 5) is 25.8. The van der Waals surface area contributed by atoms with Crippen molar-refractivity contribution in [2.75, 3.05) is 13.1 Å². The minimum atomic E-state index is -0.0576. The Bertz CT molecular complexity index is 539. The quantitative estimate of drug-likeness (QED) is 0.838. The molecule has 108 valence electrons. The molecule has 2 aliphatic rings. The molecule has 0 saturated carbocycles. The second-order valence-electron chi connectivity index (χ2n) is 5.80. The number of fused-ring (bicyclic) bond motifs is 1. The Kier molecular flexibility index (Phi) is 3.28. The lowest BCUT2D eigenvalue weighted by atomic mass is 9.96. The molecule has 1 N–H and O–H groups in total. The molecule has 3 heterocycles. The molecule has 20 heavy (non-hydrogen) atoms. The van der Waals surface area contributed by atoms with E-state index in [4.69, 9.17) is 0 Å². The van der Waals surface area contributed by atoms with Crippen molar-refractivity contribution in [3.8, 4) is 0 Å². The van der Waals surface area contributed by atoms with Crippen molar-refractivity contribution in [1.82, 2.24) is 14.8 Å². The average molecular weight is 275 g/mol. The minimum Gasteiger partial charge on any atom is -0.355 e. The summed E-state index contributed by atoms with van der Waals surface area (Å²) in [6.07, 6.45) is 1.14. The number of carbonyl (C=O) groups is 2. The molecule has 5 heteroatoms. The van der Waals surface area contributed by atoms with Crippen LogP contribution in [-0.2, 0) is 16.1 Å². The molecule has 0 spiro atoms. The third-order valence-electron chi connectivity index (χ3n) is 4.59. The van der Waals surface area contributed by atoms with Crippen molar-refractivity contribution in [1.29, 1.82) is 0 Å². The highest BCUT2D eigenvalue weighted by Crippen LogP contribution is 2.29. The van der Waals surface area contributed by atoms with E-state index in [2.05, 4.69) is 35.9 Å². The minimum absolute atomic E-state index is 0.0576. The zero-order valence-electron chi connectivity index (χ0n) is 12.1. The molecule has 2 atom stereocenters. The lowest BCUT2D eigenvalue weighted by Crippen LogP contribution is -2.48. The van der Waals surface area contributed by atoms with Crippen LogP contribution in [0.3, 0.4) is 0 Å². The average Bonchev–Trinajstić information content (AvgIpc) is 2.82. The van der Waals surface area contributed by atoms with E-state index in [1.165, 1.54) is 11.4 Å². The molecule has 1 aromatic heterocycles. The third-order valence-corrected chi connectivity index (χ3v) is 4.59. The smallest absolute Gasteiger partial charge is 0.228 e. The van der Waals surface area contributed by atoms with Crippen molar-refractivity contribution in [2.24, 2.45) is 5.92 Å². The first-order valence-corrected chi connectivity index (χ1v) is 7.31. The summed E-state index contributed by atoms with van der Waals surface area (Å²) in [5.74, 6) is 0.186. The number of aromatic nitrogens is 1. The summed E-state index contributed by atoms with van der Waals surface area (Å²) in [6.45, 7) is 6.30. The van der Waals surface area contributed by atoms with Gasteiger partial charge in [0.05, 0.1) is 12.0 Å². The summed E-state index contributed by atoms with van der Waals surface area (Å²) in [5, 5.41) is 2.80. The van der Waals surface area contributed by atoms with Crippen LogP contribution in [-0.4, -0.2) is 34.4 Å². The summed E-state index contributed by atoms with van der Waals surface area (Å²) < 4.78 is 2.29. The molecule has 2 amide bonds. The van der Waals surface area contributed by atoms with E-state index < -0.39 is 0 Å². The summed E-state index contributed by atoms with van der Waals surface area (Å²) in [5.41, 5.74) is 2.46. The fourth-order valence-electron chi connectivity index (χ4n) is 3.30. The van der Waals surface area contributed by atoms with E-state index in [-0.39, 0.29) is 23.8 Å². The van der Waals surface area contributed by atoms with Crippen LogP contribution in [0.5, 0.6) is 0 Å². The molecular weight excluding hydrogens is 254 g/mol. The molecular formula is C15H21N3O2. The van der Waals surface area contributed by atoms with E-state index >= 15 is 0 Å². The highest BCUT2D eigenvalue weighted by Gasteiger charge is 2.34. The van der Waals surface area contributed by atoms with Gasteiger partial charge in [0.25, 0.3) is 0 Å². The first kappa shape index (κ1) is 13.2. The molecule has 0 radical (unpaired) electrons. The largest absolute Gasteiger partial charge is 0.355 e. The summed E-state index contributed by atoms with van der Waals surface area (Å²) in [7, 11) is 0. The number of nitrogens with one attached hydrogen (secondary N) is 1. The summed E-state index contributed by atoms with van der Waals surface area (Å²) >= 11 is 0. The molecule has 2 aliphatic heterocycles. The maximum atomic E-state index is 12.7. The van der Waals surface area contributed by atoms with Gasteiger partial charge in [0.15, 0.2) is 0 Å². The molecule has 0 aromatic carbocycles. The first-order chi connectivity index (χ1) is 9.58. The predicted octanol–water partition coefficient (Wildman–Crippen LogP) is 1.23. The van der Waals surface area contributed by atoms with Crippen molar-refractivity contribution < 1.29 is 9.59 Å². The molecule has 2 unspecified atom stereocenters. The second kappa shape index (κ2) is 4.96. The second-order valence-corrected chi connectivity index (χ2v) is 5.80. The van der Waals surface area contributed by atoms with Crippen LogP contribution in [0.25, 0.3) is 0 Å². The van der Waals surface area contributed by atoms with Gasteiger partial charge in [-0.2, -0.15) is 0 Å². The maximum Gasteiger partial charge on any atom is 0.228 e. The highest BCUT2D eigenvalue weighted by atomic mass is 16.2. The first-order valence-electron chi connectivity index (χ1n) is 7.31. The number of piperidine rings is 1. The standard InChI is InChI=1S/C15H21N3O2/c1-10-3-5-13-11(2)18(8-7-17(10)13)15(20)12-4-6-14(19)16-9-12/h3,5,11-12H,4,6-9H2,1-2H3,(H,16,19). The van der Waals surface area contributed by atoms with Gasteiger partial charge in [-0.25, -0.2) is 0 Å². The van der Waals surface area contributed by atoms with E-state index in [0.29, 0.717) is 19.4 Å². The van der Waals surface area contributed by atoms with E-state index in [1.54, 1.807) is 0 Å². The predicted molar refractivity (Wildman–Crippen MR) is 75.0 cm³/mol. The normalized spacial score (nSPS) is 26.1. The van der Waals surface area contributed by atoms with Crippen LogP contribution in [0.4, 0.5) is 0 Å². The molecule has 0 bridgehead atoms. The Morgan fingerprint density at radius 3 is 2.85 bits per heavy atom. The Balaban J connectivity index is 1.75. The van der Waals surface area contributed by atoms with Crippen molar-refractivity contribution in [3.63, 3.8) is 0 Å². The van der Waals surface area contributed by atoms with Crippen molar-refractivity contribution >= 4 is 11.8 Å². The van der Waals surface area contributed by atoms with Crippen LogP contribution in [0.1, 0.15) is 37.2 Å². The van der Waals surface area contributed by atoms with Crippen LogP contribution < -0.4 is 5.32 Å². The number of nitrogens with zero attached hydrogens (tertiary/aromatic N) is 2. The number of aryl methyl sites for hydroxylation is 1. The Morgan fingerprint density at radius 2 is 2.15 bits per heavy atom. The van der Waals surface area contributed by atoms with Gasteiger partial charge in [0.1, 0.15) is 0 Å². The number of hydrogen-bond acceptors (Lipinski definition) is 2. The maximum absolute atomic E-state index is 12.7. The van der Waals surface area contributed by atoms with Crippen molar-refractivity contribution in [2.45, 2.75) is 39.3 Å². The number of hydrogen-bond donors (Lipinski definition) is 1. The SMILES string of the molecule is Cc1ccc2n1CCN(C(=O)C1CCC(=O)NC1)C2C. The molecule has 5 nitrogen and oxygen atoms in total. The van der Waals surface area contributed by atoms with Gasteiger partial charge in [0, 0.05) is 37.4 Å². The monoisotopic (exact) mass is 275 g/mol.